The smallest absolute Gasteiger partial charge is 0.317 e. The first-order chi connectivity index (χ1) is 9.40. The van der Waals surface area contributed by atoms with Crippen molar-refractivity contribution in [3.05, 3.63) is 0 Å². The number of carbonyl (C=O) groups is 2. The molecule has 20 heavy (non-hydrogen) atoms. The van der Waals surface area contributed by atoms with Crippen molar-refractivity contribution in [2.75, 3.05) is 13.1 Å². The third kappa shape index (κ3) is 5.80. The predicted molar refractivity (Wildman–Crippen MR) is 78.6 cm³/mol. The minimum Gasteiger partial charge on any atom is -0.481 e. The van der Waals surface area contributed by atoms with Gasteiger partial charge in [-0.3, -0.25) is 4.79 Å². The second-order valence-corrected chi connectivity index (χ2v) is 6.20. The minimum absolute atomic E-state index is 0.00460. The molecule has 1 saturated heterocycles. The molecule has 1 fully saturated rings. The Hall–Kier alpha value is -1.26. The van der Waals surface area contributed by atoms with Crippen LogP contribution in [0.1, 0.15) is 52.9 Å². The van der Waals surface area contributed by atoms with Gasteiger partial charge in [0, 0.05) is 25.6 Å². The fourth-order valence-electron chi connectivity index (χ4n) is 2.70. The second-order valence-electron chi connectivity index (χ2n) is 6.20. The number of carboxylic acid groups (broad SMARTS) is 1. The number of hydrogen-bond donors (Lipinski definition) is 2. The van der Waals surface area contributed by atoms with E-state index in [0.29, 0.717) is 18.8 Å². The molecule has 116 valence electrons. The quantitative estimate of drug-likeness (QED) is 0.788. The number of carbonyl (C=O) groups excluding carboxylic acids is 1. The summed E-state index contributed by atoms with van der Waals surface area (Å²) in [6.45, 7) is 8.07. The first-order valence-corrected chi connectivity index (χ1v) is 7.67. The van der Waals surface area contributed by atoms with E-state index in [4.69, 9.17) is 5.11 Å². The van der Waals surface area contributed by atoms with Gasteiger partial charge in [0.15, 0.2) is 0 Å². The lowest BCUT2D eigenvalue weighted by molar-refractivity contribution is -0.137. The maximum Gasteiger partial charge on any atom is 0.317 e. The Labute approximate surface area is 121 Å². The van der Waals surface area contributed by atoms with E-state index in [1.54, 1.807) is 0 Å². The van der Waals surface area contributed by atoms with Gasteiger partial charge in [0.1, 0.15) is 0 Å². The summed E-state index contributed by atoms with van der Waals surface area (Å²) < 4.78 is 0. The number of nitrogens with one attached hydrogen (secondary N) is 1. The zero-order valence-corrected chi connectivity index (χ0v) is 12.9. The molecule has 2 N–H and O–H groups in total. The van der Waals surface area contributed by atoms with Gasteiger partial charge in [0.05, 0.1) is 0 Å². The average molecular weight is 284 g/mol. The molecule has 0 aromatic rings. The van der Waals surface area contributed by atoms with Gasteiger partial charge in [-0.2, -0.15) is 0 Å². The van der Waals surface area contributed by atoms with Crippen LogP contribution in [0, 0.1) is 11.8 Å². The maximum atomic E-state index is 12.1. The van der Waals surface area contributed by atoms with E-state index in [1.165, 1.54) is 0 Å². The Morgan fingerprint density at radius 1 is 1.25 bits per heavy atom. The third-order valence-corrected chi connectivity index (χ3v) is 4.17. The van der Waals surface area contributed by atoms with Crippen molar-refractivity contribution in [1.29, 1.82) is 0 Å². The second kappa shape index (κ2) is 8.12. The van der Waals surface area contributed by atoms with E-state index in [1.807, 2.05) is 11.8 Å². The Kier molecular flexibility index (Phi) is 6.82. The predicted octanol–water partition coefficient (Wildman–Crippen LogP) is 2.71. The van der Waals surface area contributed by atoms with Crippen molar-refractivity contribution in [3.8, 4) is 0 Å². The molecule has 0 aliphatic carbocycles. The van der Waals surface area contributed by atoms with E-state index in [9.17, 15) is 9.59 Å². The number of aliphatic carboxylic acids is 1. The van der Waals surface area contributed by atoms with Crippen LogP contribution in [0.25, 0.3) is 0 Å². The molecule has 0 bridgehead atoms. The molecule has 1 heterocycles. The van der Waals surface area contributed by atoms with E-state index in [2.05, 4.69) is 19.2 Å². The van der Waals surface area contributed by atoms with Crippen molar-refractivity contribution in [3.63, 3.8) is 0 Å². The van der Waals surface area contributed by atoms with Crippen LogP contribution in [0.3, 0.4) is 0 Å². The molecule has 1 unspecified atom stereocenters. The maximum absolute atomic E-state index is 12.1. The number of urea groups is 1. The molecule has 0 spiro atoms. The van der Waals surface area contributed by atoms with Crippen LogP contribution in [0.4, 0.5) is 4.79 Å². The summed E-state index contributed by atoms with van der Waals surface area (Å²) in [5.74, 6) is 0.640. The van der Waals surface area contributed by atoms with Crippen LogP contribution in [-0.2, 0) is 4.79 Å². The van der Waals surface area contributed by atoms with Crippen LogP contribution < -0.4 is 5.32 Å². The van der Waals surface area contributed by atoms with Crippen LogP contribution in [0.5, 0.6) is 0 Å². The topological polar surface area (TPSA) is 69.6 Å². The molecule has 0 aromatic heterocycles. The number of carboxylic acids is 1. The molecule has 0 radical (unpaired) electrons. The Morgan fingerprint density at radius 3 is 2.35 bits per heavy atom. The van der Waals surface area contributed by atoms with Gasteiger partial charge in [-0.1, -0.05) is 13.8 Å². The lowest BCUT2D eigenvalue weighted by Gasteiger charge is -2.34. The van der Waals surface area contributed by atoms with Crippen LogP contribution in [-0.4, -0.2) is 41.1 Å². The minimum atomic E-state index is -0.778. The standard InChI is InChI=1S/C15H28N2O3/c1-11(2)13-7-9-17(10-8-13)15(20)16-12(3)5-4-6-14(18)19/h11-13H,4-10H2,1-3H3,(H,16,20)(H,18,19). The highest BCUT2D eigenvalue weighted by atomic mass is 16.4. The highest BCUT2D eigenvalue weighted by Gasteiger charge is 2.24. The molecule has 1 aliphatic rings. The number of rotatable bonds is 6. The lowest BCUT2D eigenvalue weighted by atomic mass is 9.87. The van der Waals surface area contributed by atoms with Crippen molar-refractivity contribution < 1.29 is 14.7 Å². The SMILES string of the molecule is CC(CCCC(=O)O)NC(=O)N1CCC(C(C)C)CC1. The van der Waals surface area contributed by atoms with Gasteiger partial charge < -0.3 is 15.3 Å². The summed E-state index contributed by atoms with van der Waals surface area (Å²) in [5.41, 5.74) is 0. The van der Waals surface area contributed by atoms with Gasteiger partial charge in [-0.05, 0) is 44.4 Å². The molecule has 0 saturated carbocycles. The lowest BCUT2D eigenvalue weighted by Crippen LogP contribution is -2.47. The molecule has 1 rings (SSSR count). The van der Waals surface area contributed by atoms with Crippen LogP contribution in [0.2, 0.25) is 0 Å². The average Bonchev–Trinajstić information content (AvgIpc) is 2.38. The van der Waals surface area contributed by atoms with E-state index in [-0.39, 0.29) is 18.5 Å². The van der Waals surface area contributed by atoms with Crippen molar-refractivity contribution in [2.24, 2.45) is 11.8 Å². The normalized spacial score (nSPS) is 18.1. The molecule has 2 amide bonds. The molecule has 0 aromatic carbocycles. The van der Waals surface area contributed by atoms with Gasteiger partial charge >= 0.3 is 12.0 Å². The monoisotopic (exact) mass is 284 g/mol. The molecule has 1 aliphatic heterocycles. The third-order valence-electron chi connectivity index (χ3n) is 4.17. The Morgan fingerprint density at radius 2 is 1.85 bits per heavy atom. The highest BCUT2D eigenvalue weighted by Crippen LogP contribution is 2.24. The Bertz CT molecular complexity index is 323. The summed E-state index contributed by atoms with van der Waals surface area (Å²) in [6.07, 6.45) is 3.64. The van der Waals surface area contributed by atoms with E-state index in [0.717, 1.165) is 31.8 Å². The summed E-state index contributed by atoms with van der Waals surface area (Å²) in [6, 6.07) is 0.0275. The Balaban J connectivity index is 2.24. The molecular weight excluding hydrogens is 256 g/mol. The molecule has 5 nitrogen and oxygen atoms in total. The van der Waals surface area contributed by atoms with Gasteiger partial charge in [-0.25, -0.2) is 4.79 Å². The summed E-state index contributed by atoms with van der Waals surface area (Å²) in [5, 5.41) is 11.5. The van der Waals surface area contributed by atoms with Gasteiger partial charge in [0.2, 0.25) is 0 Å². The summed E-state index contributed by atoms with van der Waals surface area (Å²) in [4.78, 5) is 24.4. The summed E-state index contributed by atoms with van der Waals surface area (Å²) >= 11 is 0. The largest absolute Gasteiger partial charge is 0.481 e. The number of likely N-dealkylation sites (tertiary alicyclic amines) is 1. The number of hydrogen-bond acceptors (Lipinski definition) is 2. The molecule has 1 atom stereocenters. The molecular formula is C15H28N2O3. The summed E-state index contributed by atoms with van der Waals surface area (Å²) in [7, 11) is 0. The molecule has 5 heteroatoms. The van der Waals surface area contributed by atoms with E-state index < -0.39 is 5.97 Å². The first-order valence-electron chi connectivity index (χ1n) is 7.67. The zero-order chi connectivity index (χ0) is 15.1. The van der Waals surface area contributed by atoms with Gasteiger partial charge in [-0.15, -0.1) is 0 Å². The fraction of sp³-hybridized carbons (Fsp3) is 0.867. The van der Waals surface area contributed by atoms with Crippen LogP contribution >= 0.6 is 0 Å². The van der Waals surface area contributed by atoms with Crippen molar-refractivity contribution >= 4 is 12.0 Å². The highest BCUT2D eigenvalue weighted by molar-refractivity contribution is 5.74. The van der Waals surface area contributed by atoms with Gasteiger partial charge in [0.25, 0.3) is 0 Å². The number of piperidine rings is 1. The number of amides is 2. The zero-order valence-electron chi connectivity index (χ0n) is 12.9. The van der Waals surface area contributed by atoms with Crippen molar-refractivity contribution in [1.82, 2.24) is 10.2 Å². The van der Waals surface area contributed by atoms with E-state index >= 15 is 0 Å². The number of nitrogens with zero attached hydrogens (tertiary/aromatic N) is 1. The van der Waals surface area contributed by atoms with Crippen LogP contribution in [0.15, 0.2) is 0 Å². The fourth-order valence-corrected chi connectivity index (χ4v) is 2.70. The van der Waals surface area contributed by atoms with Crippen molar-refractivity contribution in [2.45, 2.75) is 58.9 Å². The first kappa shape index (κ1) is 16.8.